The second kappa shape index (κ2) is 8.95. The highest BCUT2D eigenvalue weighted by Gasteiger charge is 2.32. The van der Waals surface area contributed by atoms with Crippen molar-refractivity contribution in [3.05, 3.63) is 64.7 Å². The van der Waals surface area contributed by atoms with Gasteiger partial charge in [0, 0.05) is 24.0 Å². The number of halogens is 1. The minimum absolute atomic E-state index is 0.0124. The number of benzene rings is 2. The molecule has 0 saturated carbocycles. The van der Waals surface area contributed by atoms with Crippen molar-refractivity contribution in [2.75, 3.05) is 26.3 Å². The first kappa shape index (κ1) is 19.2. The summed E-state index contributed by atoms with van der Waals surface area (Å²) in [4.78, 5) is 15.0. The molecule has 28 heavy (non-hydrogen) atoms. The molecule has 0 atom stereocenters. The Balaban J connectivity index is 1.38. The predicted octanol–water partition coefficient (Wildman–Crippen LogP) is 4.14. The second-order valence-corrected chi connectivity index (χ2v) is 7.59. The number of likely N-dealkylation sites (tertiary alicyclic amines) is 1. The van der Waals surface area contributed by atoms with E-state index in [1.807, 2.05) is 53.4 Å². The maximum atomic E-state index is 13.1. The number of carbonyl (C=O) groups excluding carboxylic acids is 1. The first-order valence-electron chi connectivity index (χ1n) is 9.69. The summed E-state index contributed by atoms with van der Waals surface area (Å²) in [7, 11) is 0. The molecule has 2 aliphatic heterocycles. The van der Waals surface area contributed by atoms with Crippen molar-refractivity contribution in [2.24, 2.45) is 5.92 Å². The largest absolute Gasteiger partial charge is 0.488 e. The van der Waals surface area contributed by atoms with Crippen LogP contribution in [0.2, 0.25) is 5.02 Å². The van der Waals surface area contributed by atoms with Crippen molar-refractivity contribution in [3.63, 3.8) is 0 Å². The molecule has 0 unspecified atom stereocenters. The number of nitrogens with zero attached hydrogens (tertiary/aromatic N) is 1. The van der Waals surface area contributed by atoms with Gasteiger partial charge in [0.25, 0.3) is 5.91 Å². The topological polar surface area (TPSA) is 48.0 Å². The van der Waals surface area contributed by atoms with Crippen LogP contribution in [0.3, 0.4) is 0 Å². The Morgan fingerprint density at radius 1 is 1.04 bits per heavy atom. The molecule has 5 nitrogen and oxygen atoms in total. The zero-order valence-electron chi connectivity index (χ0n) is 15.7. The molecule has 2 saturated heterocycles. The van der Waals surface area contributed by atoms with Crippen molar-refractivity contribution in [2.45, 2.75) is 25.7 Å². The van der Waals surface area contributed by atoms with Gasteiger partial charge in [0.1, 0.15) is 12.4 Å². The molecule has 0 aliphatic carbocycles. The fraction of sp³-hybridized carbons (Fsp3) is 0.409. The molecule has 2 fully saturated rings. The molecule has 6 heteroatoms. The summed E-state index contributed by atoms with van der Waals surface area (Å²) in [6, 6.07) is 14.9. The Labute approximate surface area is 170 Å². The molecule has 0 radical (unpaired) electrons. The fourth-order valence-corrected chi connectivity index (χ4v) is 3.83. The molecule has 148 valence electrons. The van der Waals surface area contributed by atoms with Gasteiger partial charge in [-0.1, -0.05) is 35.9 Å². The monoisotopic (exact) mass is 401 g/mol. The summed E-state index contributed by atoms with van der Waals surface area (Å²) in [6.07, 6.45) is 1.68. The van der Waals surface area contributed by atoms with Crippen molar-refractivity contribution >= 4 is 17.5 Å². The van der Waals surface area contributed by atoms with Gasteiger partial charge >= 0.3 is 0 Å². The smallest absolute Gasteiger partial charge is 0.257 e. The number of para-hydroxylation sites is 1. The van der Waals surface area contributed by atoms with E-state index >= 15 is 0 Å². The highest BCUT2D eigenvalue weighted by atomic mass is 35.5. The van der Waals surface area contributed by atoms with Crippen LogP contribution in [0.4, 0.5) is 0 Å². The Morgan fingerprint density at radius 3 is 2.43 bits per heavy atom. The Morgan fingerprint density at radius 2 is 1.71 bits per heavy atom. The van der Waals surface area contributed by atoms with E-state index in [1.54, 1.807) is 0 Å². The van der Waals surface area contributed by atoms with E-state index in [4.69, 9.17) is 25.8 Å². The zero-order chi connectivity index (χ0) is 19.3. The zero-order valence-corrected chi connectivity index (χ0v) is 16.4. The van der Waals surface area contributed by atoms with Gasteiger partial charge in [0.2, 0.25) is 0 Å². The molecular formula is C22H24ClNO4. The van der Waals surface area contributed by atoms with Crippen molar-refractivity contribution in [3.8, 4) is 5.75 Å². The summed E-state index contributed by atoms with van der Waals surface area (Å²) in [5, 5.41) is 0.691. The van der Waals surface area contributed by atoms with Crippen LogP contribution in [0.25, 0.3) is 0 Å². The number of rotatable bonds is 5. The van der Waals surface area contributed by atoms with Gasteiger partial charge in [0.05, 0.1) is 18.8 Å². The van der Waals surface area contributed by atoms with Crippen molar-refractivity contribution in [1.29, 1.82) is 0 Å². The van der Waals surface area contributed by atoms with Crippen LogP contribution >= 0.6 is 11.6 Å². The summed E-state index contributed by atoms with van der Waals surface area (Å²) in [6.45, 7) is 3.14. The maximum absolute atomic E-state index is 13.1. The molecule has 0 N–H and O–H groups in total. The van der Waals surface area contributed by atoms with E-state index in [0.29, 0.717) is 55.2 Å². The Bertz CT molecular complexity index is 796. The van der Waals surface area contributed by atoms with E-state index in [9.17, 15) is 4.79 Å². The molecule has 0 spiro atoms. The Kier molecular flexibility index (Phi) is 6.15. The van der Waals surface area contributed by atoms with Gasteiger partial charge < -0.3 is 19.1 Å². The van der Waals surface area contributed by atoms with E-state index in [1.165, 1.54) is 0 Å². The number of hydrogen-bond acceptors (Lipinski definition) is 4. The molecule has 4 rings (SSSR count). The van der Waals surface area contributed by atoms with E-state index in [-0.39, 0.29) is 12.2 Å². The lowest BCUT2D eigenvalue weighted by Gasteiger charge is -2.34. The highest BCUT2D eigenvalue weighted by Crippen LogP contribution is 2.28. The number of amides is 1. The van der Waals surface area contributed by atoms with Crippen LogP contribution < -0.4 is 4.74 Å². The average molecular weight is 402 g/mol. The number of ether oxygens (including phenoxy) is 3. The fourth-order valence-electron chi connectivity index (χ4n) is 3.70. The third-order valence-corrected chi connectivity index (χ3v) is 5.54. The molecule has 2 aliphatic rings. The summed E-state index contributed by atoms with van der Waals surface area (Å²) >= 11 is 5.93. The van der Waals surface area contributed by atoms with E-state index < -0.39 is 0 Å². The molecule has 0 bridgehead atoms. The quantitative estimate of drug-likeness (QED) is 0.755. The first-order chi connectivity index (χ1) is 13.7. The molecule has 2 aromatic rings. The third-order valence-electron chi connectivity index (χ3n) is 5.28. The minimum atomic E-state index is -0.104. The van der Waals surface area contributed by atoms with Crippen LogP contribution in [0, 0.1) is 5.92 Å². The van der Waals surface area contributed by atoms with E-state index in [0.717, 1.165) is 18.4 Å². The van der Waals surface area contributed by atoms with Gasteiger partial charge in [-0.05, 0) is 42.7 Å². The lowest BCUT2D eigenvalue weighted by Crippen LogP contribution is -2.41. The van der Waals surface area contributed by atoms with Crippen LogP contribution in [0.5, 0.6) is 5.75 Å². The summed E-state index contributed by atoms with van der Waals surface area (Å²) in [5.41, 5.74) is 1.60. The number of hydrogen-bond donors (Lipinski definition) is 0. The predicted molar refractivity (Wildman–Crippen MR) is 107 cm³/mol. The van der Waals surface area contributed by atoms with Crippen LogP contribution in [0.15, 0.2) is 48.5 Å². The van der Waals surface area contributed by atoms with Gasteiger partial charge in [-0.3, -0.25) is 4.79 Å². The lowest BCUT2D eigenvalue weighted by atomic mass is 9.95. The maximum Gasteiger partial charge on any atom is 0.257 e. The first-order valence-corrected chi connectivity index (χ1v) is 10.1. The van der Waals surface area contributed by atoms with Crippen molar-refractivity contribution < 1.29 is 19.0 Å². The Hall–Kier alpha value is -2.08. The van der Waals surface area contributed by atoms with Crippen LogP contribution in [0.1, 0.15) is 28.8 Å². The van der Waals surface area contributed by atoms with E-state index in [2.05, 4.69) is 0 Å². The SMILES string of the molecule is O=C(c1ccccc1OCc1ccc(Cl)cc1)N1CCC(C2OCCO2)CC1. The average Bonchev–Trinajstić information content (AvgIpc) is 3.28. The molecule has 2 aromatic carbocycles. The van der Waals surface area contributed by atoms with Gasteiger partial charge in [-0.15, -0.1) is 0 Å². The number of carbonyl (C=O) groups is 1. The standard InChI is InChI=1S/C22H24ClNO4/c23-18-7-5-16(6-8-18)15-28-20-4-2-1-3-19(20)21(25)24-11-9-17(10-12-24)22-26-13-14-27-22/h1-8,17,22H,9-15H2. The van der Waals surface area contributed by atoms with Crippen LogP contribution in [-0.4, -0.2) is 43.4 Å². The molecular weight excluding hydrogens is 378 g/mol. The highest BCUT2D eigenvalue weighted by molar-refractivity contribution is 6.30. The third kappa shape index (κ3) is 4.49. The minimum Gasteiger partial charge on any atom is -0.488 e. The lowest BCUT2D eigenvalue weighted by molar-refractivity contribution is -0.0956. The van der Waals surface area contributed by atoms with Gasteiger partial charge in [-0.2, -0.15) is 0 Å². The normalized spacial score (nSPS) is 18.4. The molecule has 2 heterocycles. The van der Waals surface area contributed by atoms with Crippen molar-refractivity contribution in [1.82, 2.24) is 4.90 Å². The summed E-state index contributed by atoms with van der Waals surface area (Å²) in [5.74, 6) is 0.980. The summed E-state index contributed by atoms with van der Waals surface area (Å²) < 4.78 is 17.2. The second-order valence-electron chi connectivity index (χ2n) is 7.15. The number of piperidine rings is 1. The van der Waals surface area contributed by atoms with Gasteiger partial charge in [-0.25, -0.2) is 0 Å². The molecule has 1 amide bonds. The molecule has 0 aromatic heterocycles. The van der Waals surface area contributed by atoms with Gasteiger partial charge in [0.15, 0.2) is 6.29 Å². The van der Waals surface area contributed by atoms with Crippen LogP contribution in [-0.2, 0) is 16.1 Å².